The first-order chi connectivity index (χ1) is 15.0. The first-order valence-electron chi connectivity index (χ1n) is 10.2. The number of carbonyl (C=O) groups is 1. The fourth-order valence-electron chi connectivity index (χ4n) is 3.32. The lowest BCUT2D eigenvalue weighted by atomic mass is 10.1. The van der Waals surface area contributed by atoms with Gasteiger partial charge in [0.05, 0.1) is 23.4 Å². The molecule has 0 saturated carbocycles. The van der Waals surface area contributed by atoms with Crippen molar-refractivity contribution in [2.45, 2.75) is 32.2 Å². The monoisotopic (exact) mass is 418 g/mol. The molecule has 31 heavy (non-hydrogen) atoms. The predicted octanol–water partition coefficient (Wildman–Crippen LogP) is 4.81. The minimum absolute atomic E-state index is 0.148. The highest BCUT2D eigenvalue weighted by molar-refractivity contribution is 6.03. The number of hydrogen-bond acceptors (Lipinski definition) is 5. The number of benzene rings is 2. The molecule has 0 saturated heterocycles. The van der Waals surface area contributed by atoms with E-state index in [1.807, 2.05) is 18.2 Å². The Morgan fingerprint density at radius 2 is 1.94 bits per heavy atom. The second-order valence-corrected chi connectivity index (χ2v) is 7.40. The van der Waals surface area contributed by atoms with E-state index in [4.69, 9.17) is 10.2 Å². The van der Waals surface area contributed by atoms with Crippen LogP contribution in [0.5, 0.6) is 0 Å². The molecule has 0 aliphatic rings. The largest absolute Gasteiger partial charge is 0.446 e. The van der Waals surface area contributed by atoms with E-state index in [1.54, 1.807) is 18.3 Å². The van der Waals surface area contributed by atoms with E-state index < -0.39 is 11.9 Å². The summed E-state index contributed by atoms with van der Waals surface area (Å²) in [5.74, 6) is -0.381. The van der Waals surface area contributed by atoms with Crippen molar-refractivity contribution in [1.29, 1.82) is 0 Å². The molecule has 3 N–H and O–H groups in total. The van der Waals surface area contributed by atoms with Crippen LogP contribution < -0.4 is 11.1 Å². The van der Waals surface area contributed by atoms with E-state index in [0.29, 0.717) is 18.5 Å². The third-order valence-electron chi connectivity index (χ3n) is 5.14. The van der Waals surface area contributed by atoms with E-state index in [2.05, 4.69) is 28.3 Å². The van der Waals surface area contributed by atoms with Crippen LogP contribution in [0.25, 0.3) is 10.9 Å². The van der Waals surface area contributed by atoms with Crippen LogP contribution in [0.4, 0.5) is 10.1 Å². The number of pyridine rings is 1. The number of hydrogen-bond donors (Lipinski definition) is 2. The number of anilines is 1. The van der Waals surface area contributed by atoms with E-state index >= 15 is 0 Å². The number of aryl methyl sites for hydroxylation is 2. The van der Waals surface area contributed by atoms with Gasteiger partial charge in [0.25, 0.3) is 5.91 Å². The number of oxazole rings is 1. The Hall–Kier alpha value is -3.58. The highest BCUT2D eigenvalue weighted by Crippen LogP contribution is 2.20. The maximum atomic E-state index is 13.0. The van der Waals surface area contributed by atoms with Crippen LogP contribution in [-0.4, -0.2) is 15.9 Å². The van der Waals surface area contributed by atoms with E-state index in [-0.39, 0.29) is 17.4 Å². The fraction of sp³-hybridized carbons (Fsp3) is 0.208. The van der Waals surface area contributed by atoms with Crippen molar-refractivity contribution < 1.29 is 13.6 Å². The second kappa shape index (κ2) is 9.06. The molecule has 1 amide bonds. The molecule has 2 aromatic heterocycles. The minimum atomic E-state index is -0.471. The second-order valence-electron chi connectivity index (χ2n) is 7.40. The first-order valence-corrected chi connectivity index (χ1v) is 10.2. The normalized spacial score (nSPS) is 12.1. The summed E-state index contributed by atoms with van der Waals surface area (Å²) in [6.45, 7) is 2.09. The van der Waals surface area contributed by atoms with Crippen LogP contribution >= 0.6 is 0 Å². The average molecular weight is 418 g/mol. The Balaban J connectivity index is 1.40. The highest BCUT2D eigenvalue weighted by atomic mass is 19.1. The molecule has 158 valence electrons. The molecule has 0 aliphatic heterocycles. The van der Waals surface area contributed by atoms with Crippen LogP contribution in [-0.2, 0) is 12.8 Å². The van der Waals surface area contributed by atoms with Crippen molar-refractivity contribution in [3.63, 3.8) is 0 Å². The smallest absolute Gasteiger partial charge is 0.277 e. The number of amides is 1. The van der Waals surface area contributed by atoms with Gasteiger partial charge in [0.2, 0.25) is 5.89 Å². The quantitative estimate of drug-likeness (QED) is 0.449. The summed E-state index contributed by atoms with van der Waals surface area (Å²) in [7, 11) is 0. The number of carbonyl (C=O) groups excluding carboxylic acids is 1. The summed E-state index contributed by atoms with van der Waals surface area (Å²) < 4.78 is 18.4. The molecular weight excluding hydrogens is 395 g/mol. The summed E-state index contributed by atoms with van der Waals surface area (Å²) >= 11 is 0. The minimum Gasteiger partial charge on any atom is -0.446 e. The van der Waals surface area contributed by atoms with Crippen molar-refractivity contribution in [3.8, 4) is 0 Å². The summed E-state index contributed by atoms with van der Waals surface area (Å²) in [5, 5.41) is 3.76. The molecular formula is C24H23FN4O2. The molecule has 7 heteroatoms. The molecule has 4 rings (SSSR count). The summed E-state index contributed by atoms with van der Waals surface area (Å²) in [5.41, 5.74) is 9.92. The topological polar surface area (TPSA) is 94.0 Å². The van der Waals surface area contributed by atoms with Crippen molar-refractivity contribution >= 4 is 22.5 Å². The molecule has 0 unspecified atom stereocenters. The van der Waals surface area contributed by atoms with Crippen LogP contribution in [0.1, 0.15) is 46.9 Å². The van der Waals surface area contributed by atoms with Gasteiger partial charge in [0.15, 0.2) is 5.69 Å². The molecule has 0 radical (unpaired) electrons. The standard InChI is InChI=1S/C24H23FN4O2/c1-2-15-6-10-21-17(11-15)12-19(13-27-21)28-23(30)22-14-31-24(29-22)20(26)9-5-16-3-7-18(25)8-4-16/h3-4,6-8,10-14,20H,2,5,9,26H2,1H3,(H,28,30)/t20-/m1/s1. The van der Waals surface area contributed by atoms with E-state index in [9.17, 15) is 9.18 Å². The molecule has 0 spiro atoms. The zero-order valence-corrected chi connectivity index (χ0v) is 17.1. The van der Waals surface area contributed by atoms with Gasteiger partial charge in [0, 0.05) is 5.39 Å². The molecule has 1 atom stereocenters. The van der Waals surface area contributed by atoms with Crippen molar-refractivity contribution in [1.82, 2.24) is 9.97 Å². The van der Waals surface area contributed by atoms with Gasteiger partial charge in [-0.2, -0.15) is 0 Å². The maximum Gasteiger partial charge on any atom is 0.277 e. The van der Waals surface area contributed by atoms with Crippen molar-refractivity contribution in [3.05, 3.63) is 89.5 Å². The number of nitrogens with two attached hydrogens (primary N) is 1. The lowest BCUT2D eigenvalue weighted by Crippen LogP contribution is -2.15. The van der Waals surface area contributed by atoms with Gasteiger partial charge in [-0.3, -0.25) is 9.78 Å². The fourth-order valence-corrected chi connectivity index (χ4v) is 3.32. The van der Waals surface area contributed by atoms with Gasteiger partial charge in [0.1, 0.15) is 12.1 Å². The number of fused-ring (bicyclic) bond motifs is 1. The molecule has 0 fully saturated rings. The SMILES string of the molecule is CCc1ccc2ncc(NC(=O)c3coc([C@H](N)CCc4ccc(F)cc4)n3)cc2c1. The zero-order valence-electron chi connectivity index (χ0n) is 17.1. The lowest BCUT2D eigenvalue weighted by molar-refractivity contribution is 0.102. The van der Waals surface area contributed by atoms with Crippen LogP contribution in [0.15, 0.2) is 65.4 Å². The van der Waals surface area contributed by atoms with Crippen LogP contribution in [0.2, 0.25) is 0 Å². The first kappa shape index (κ1) is 20.7. The van der Waals surface area contributed by atoms with E-state index in [1.165, 1.54) is 24.0 Å². The van der Waals surface area contributed by atoms with E-state index in [0.717, 1.165) is 22.9 Å². The molecule has 0 aliphatic carbocycles. The summed E-state index contributed by atoms with van der Waals surface area (Å²) in [4.78, 5) is 21.2. The Bertz CT molecular complexity index is 1200. The van der Waals surface area contributed by atoms with Crippen molar-refractivity contribution in [2.75, 3.05) is 5.32 Å². The number of nitrogens with zero attached hydrogens (tertiary/aromatic N) is 2. The third-order valence-corrected chi connectivity index (χ3v) is 5.14. The summed E-state index contributed by atoms with van der Waals surface area (Å²) in [6, 6.07) is 13.8. The maximum absolute atomic E-state index is 13.0. The Kier molecular flexibility index (Phi) is 6.04. The zero-order chi connectivity index (χ0) is 21.8. The van der Waals surface area contributed by atoms with Gasteiger partial charge >= 0.3 is 0 Å². The third kappa shape index (κ3) is 4.95. The van der Waals surface area contributed by atoms with Crippen molar-refractivity contribution in [2.24, 2.45) is 5.73 Å². The van der Waals surface area contributed by atoms with Crippen LogP contribution in [0, 0.1) is 5.82 Å². The molecule has 4 aromatic rings. The molecule has 2 heterocycles. The number of rotatable bonds is 7. The number of nitrogens with one attached hydrogen (secondary N) is 1. The van der Waals surface area contributed by atoms with Gasteiger partial charge in [-0.25, -0.2) is 9.37 Å². The lowest BCUT2D eigenvalue weighted by Gasteiger charge is -2.07. The Morgan fingerprint density at radius 1 is 1.16 bits per heavy atom. The van der Waals surface area contributed by atoms with Gasteiger partial charge in [-0.05, 0) is 60.7 Å². The number of aromatic nitrogens is 2. The highest BCUT2D eigenvalue weighted by Gasteiger charge is 2.17. The molecule has 0 bridgehead atoms. The van der Waals surface area contributed by atoms with Gasteiger partial charge < -0.3 is 15.5 Å². The van der Waals surface area contributed by atoms with Gasteiger partial charge in [-0.1, -0.05) is 25.1 Å². The molecule has 2 aromatic carbocycles. The molecule has 6 nitrogen and oxygen atoms in total. The number of halogens is 1. The Labute approximate surface area is 179 Å². The predicted molar refractivity (Wildman–Crippen MR) is 117 cm³/mol. The average Bonchev–Trinajstić information content (AvgIpc) is 3.28. The Morgan fingerprint density at radius 3 is 2.71 bits per heavy atom. The van der Waals surface area contributed by atoms with Crippen LogP contribution in [0.3, 0.4) is 0 Å². The van der Waals surface area contributed by atoms with Gasteiger partial charge in [-0.15, -0.1) is 0 Å². The summed E-state index contributed by atoms with van der Waals surface area (Å²) in [6.07, 6.45) is 5.04.